The summed E-state index contributed by atoms with van der Waals surface area (Å²) >= 11 is 0. The predicted octanol–water partition coefficient (Wildman–Crippen LogP) is 5.54. The van der Waals surface area contributed by atoms with Gasteiger partial charge in [0.05, 0.1) is 10.8 Å². The molecule has 2 aliphatic rings. The number of nitrogens with zero attached hydrogens (tertiary/aromatic N) is 2. The minimum atomic E-state index is -5.59. The van der Waals surface area contributed by atoms with Crippen LogP contribution < -0.4 is 5.48 Å². The molecule has 41 heavy (non-hydrogen) atoms. The van der Waals surface area contributed by atoms with E-state index >= 15 is 0 Å². The highest BCUT2D eigenvalue weighted by atomic mass is 32.2. The number of hydroxylamine groups is 1. The Bertz CT molecular complexity index is 1240. The summed E-state index contributed by atoms with van der Waals surface area (Å²) < 4.78 is 75.9. The second-order valence-electron chi connectivity index (χ2n) is 10.4. The highest BCUT2D eigenvalue weighted by molar-refractivity contribution is 7.87. The van der Waals surface area contributed by atoms with Crippen molar-refractivity contribution in [3.8, 4) is 11.1 Å². The minimum absolute atomic E-state index is 0.0991. The number of piperidine rings is 2. The Labute approximate surface area is 237 Å². The zero-order valence-electron chi connectivity index (χ0n) is 22.3. The number of amides is 3. The molecule has 2 saturated heterocycles. The van der Waals surface area contributed by atoms with Crippen molar-refractivity contribution in [2.24, 2.45) is 0 Å². The lowest BCUT2D eigenvalue weighted by Crippen LogP contribution is -2.58. The maximum atomic E-state index is 13.7. The van der Waals surface area contributed by atoms with E-state index in [0.717, 1.165) is 19.3 Å². The van der Waals surface area contributed by atoms with E-state index in [9.17, 15) is 41.0 Å². The lowest BCUT2D eigenvalue weighted by molar-refractivity contribution is -0.284. The Morgan fingerprint density at radius 1 is 0.829 bits per heavy atom. The fraction of sp³-hybridized carbons (Fsp3) is 0.500. The van der Waals surface area contributed by atoms with Crippen LogP contribution in [-0.2, 0) is 22.0 Å². The molecular formula is C28H32F5N3O4S. The van der Waals surface area contributed by atoms with Crippen molar-refractivity contribution in [2.45, 2.75) is 66.7 Å². The molecule has 224 valence electrons. The van der Waals surface area contributed by atoms with Gasteiger partial charge in [0.15, 0.2) is 0 Å². The van der Waals surface area contributed by atoms with Crippen LogP contribution in [0, 0.1) is 0 Å². The number of hydrogen-bond acceptors (Lipinski definition) is 4. The number of urea groups is 1. The Hall–Kier alpha value is -3.06. The number of hydrogen-bond donors (Lipinski definition) is 2. The van der Waals surface area contributed by atoms with Crippen LogP contribution >= 0.6 is 0 Å². The highest BCUT2D eigenvalue weighted by Crippen LogP contribution is 2.39. The lowest BCUT2D eigenvalue weighted by atomic mass is 9.95. The first-order valence-corrected chi connectivity index (χ1v) is 14.6. The molecule has 4 rings (SSSR count). The Balaban J connectivity index is 1.43. The van der Waals surface area contributed by atoms with Crippen LogP contribution in [0.15, 0.2) is 53.4 Å². The summed E-state index contributed by atoms with van der Waals surface area (Å²) in [5.41, 5.74) is 3.33. The Morgan fingerprint density at radius 3 is 1.85 bits per heavy atom. The van der Waals surface area contributed by atoms with Gasteiger partial charge in [-0.3, -0.25) is 14.2 Å². The normalized spacial score (nSPS) is 18.6. The van der Waals surface area contributed by atoms with Crippen molar-refractivity contribution in [3.05, 3.63) is 54.1 Å². The molecule has 1 atom stereocenters. The van der Waals surface area contributed by atoms with E-state index in [-0.39, 0.29) is 32.0 Å². The first kappa shape index (κ1) is 30.9. The van der Waals surface area contributed by atoms with Gasteiger partial charge in [0.1, 0.15) is 4.75 Å². The van der Waals surface area contributed by atoms with Gasteiger partial charge >= 0.3 is 18.1 Å². The highest BCUT2D eigenvalue weighted by Gasteiger charge is 2.56. The second kappa shape index (κ2) is 12.4. The van der Waals surface area contributed by atoms with Crippen LogP contribution in [0.4, 0.5) is 26.7 Å². The summed E-state index contributed by atoms with van der Waals surface area (Å²) in [5.74, 6) is -5.54. The van der Waals surface area contributed by atoms with Gasteiger partial charge in [-0.15, -0.1) is 0 Å². The molecule has 3 amide bonds. The standard InChI is InChI=1S/C28H32F5N3O4S/c29-27(30,28(31,32)33)13-12-20-4-6-21(7-5-20)22-8-10-23(11-9-22)41(40)26(24(37)34-39)14-18-36(19-15-26)25(38)35-16-2-1-3-17-35/h4-11,39H,1-3,12-19H2,(H,34,37). The van der Waals surface area contributed by atoms with E-state index in [1.54, 1.807) is 51.7 Å². The van der Waals surface area contributed by atoms with Crippen LogP contribution in [0.25, 0.3) is 11.1 Å². The van der Waals surface area contributed by atoms with E-state index in [4.69, 9.17) is 0 Å². The summed E-state index contributed by atoms with van der Waals surface area (Å²) in [4.78, 5) is 29.5. The molecule has 0 radical (unpaired) electrons. The quantitative estimate of drug-likeness (QED) is 0.248. The monoisotopic (exact) mass is 601 g/mol. The molecule has 13 heteroatoms. The van der Waals surface area contributed by atoms with Gasteiger partial charge < -0.3 is 9.80 Å². The SMILES string of the molecule is O=C(N1CCCCC1)N1CCC(C(=O)NO)(S(=O)c2ccc(-c3ccc(CCC(F)(F)C(F)(F)F)cc3)cc2)CC1. The van der Waals surface area contributed by atoms with Gasteiger partial charge in [0.25, 0.3) is 5.91 Å². The number of nitrogens with one attached hydrogen (secondary N) is 1. The number of alkyl halides is 5. The van der Waals surface area contributed by atoms with Gasteiger partial charge in [-0.25, -0.2) is 10.3 Å². The maximum absolute atomic E-state index is 13.7. The van der Waals surface area contributed by atoms with Crippen LogP contribution in [0.5, 0.6) is 0 Å². The zero-order chi connectivity index (χ0) is 29.8. The van der Waals surface area contributed by atoms with Gasteiger partial charge in [0.2, 0.25) is 0 Å². The number of likely N-dealkylation sites (tertiary alicyclic amines) is 2. The lowest BCUT2D eigenvalue weighted by Gasteiger charge is -2.41. The van der Waals surface area contributed by atoms with Crippen molar-refractivity contribution < 1.29 is 41.0 Å². The van der Waals surface area contributed by atoms with E-state index < -0.39 is 46.4 Å². The smallest absolute Gasteiger partial charge is 0.325 e. The molecule has 2 aromatic carbocycles. The van der Waals surface area contributed by atoms with Crippen LogP contribution in [-0.4, -0.2) is 74.2 Å². The third-order valence-electron chi connectivity index (χ3n) is 7.84. The molecule has 0 aromatic heterocycles. The van der Waals surface area contributed by atoms with E-state index in [1.807, 2.05) is 0 Å². The van der Waals surface area contributed by atoms with Crippen molar-refractivity contribution in [1.82, 2.24) is 15.3 Å². The van der Waals surface area contributed by atoms with E-state index in [2.05, 4.69) is 0 Å². The van der Waals surface area contributed by atoms with Crippen molar-refractivity contribution >= 4 is 22.7 Å². The van der Waals surface area contributed by atoms with Gasteiger partial charge in [-0.2, -0.15) is 22.0 Å². The molecule has 1 unspecified atom stereocenters. The number of carbonyl (C=O) groups excluding carboxylic acids is 2. The van der Waals surface area contributed by atoms with Crippen LogP contribution in [0.2, 0.25) is 0 Å². The van der Waals surface area contributed by atoms with Crippen LogP contribution in [0.1, 0.15) is 44.1 Å². The van der Waals surface area contributed by atoms with E-state index in [0.29, 0.717) is 34.7 Å². The first-order valence-electron chi connectivity index (χ1n) is 13.4. The molecule has 2 N–H and O–H groups in total. The molecule has 2 aliphatic heterocycles. The molecular weight excluding hydrogens is 569 g/mol. The topological polar surface area (TPSA) is 90.0 Å². The van der Waals surface area contributed by atoms with Gasteiger partial charge in [-0.05, 0) is 67.3 Å². The number of carbonyl (C=O) groups is 2. The fourth-order valence-corrected chi connectivity index (χ4v) is 6.85. The summed E-state index contributed by atoms with van der Waals surface area (Å²) in [6.07, 6.45) is -4.20. The van der Waals surface area contributed by atoms with Crippen molar-refractivity contribution in [2.75, 3.05) is 26.2 Å². The fourth-order valence-electron chi connectivity index (χ4n) is 5.25. The third kappa shape index (κ3) is 6.72. The third-order valence-corrected chi connectivity index (χ3v) is 9.84. The zero-order valence-corrected chi connectivity index (χ0v) is 23.1. The van der Waals surface area contributed by atoms with Gasteiger partial charge in [0, 0.05) is 37.5 Å². The summed E-state index contributed by atoms with van der Waals surface area (Å²) in [6, 6.07) is 12.6. The molecule has 2 fully saturated rings. The Kier molecular flexibility index (Phi) is 9.37. The summed E-state index contributed by atoms with van der Waals surface area (Å²) in [7, 11) is -1.86. The summed E-state index contributed by atoms with van der Waals surface area (Å²) in [5, 5.41) is 9.44. The molecule has 2 heterocycles. The predicted molar refractivity (Wildman–Crippen MR) is 142 cm³/mol. The summed E-state index contributed by atoms with van der Waals surface area (Å²) in [6.45, 7) is 1.81. The second-order valence-corrected chi connectivity index (χ2v) is 12.2. The largest absolute Gasteiger partial charge is 0.453 e. The Morgan fingerprint density at radius 2 is 1.34 bits per heavy atom. The number of benzene rings is 2. The molecule has 0 bridgehead atoms. The molecule has 0 saturated carbocycles. The molecule has 7 nitrogen and oxygen atoms in total. The number of rotatable bonds is 7. The number of aryl methyl sites for hydroxylation is 1. The minimum Gasteiger partial charge on any atom is -0.325 e. The molecule has 0 aliphatic carbocycles. The molecule has 0 spiro atoms. The van der Waals surface area contributed by atoms with Gasteiger partial charge in [-0.1, -0.05) is 36.4 Å². The molecule has 2 aromatic rings. The first-order chi connectivity index (χ1) is 19.4. The van der Waals surface area contributed by atoms with E-state index in [1.165, 1.54) is 12.1 Å². The average Bonchev–Trinajstić information content (AvgIpc) is 2.99. The maximum Gasteiger partial charge on any atom is 0.453 e. The van der Waals surface area contributed by atoms with Crippen molar-refractivity contribution in [1.29, 1.82) is 0 Å². The average molecular weight is 602 g/mol. The van der Waals surface area contributed by atoms with Crippen molar-refractivity contribution in [3.63, 3.8) is 0 Å². The number of halogens is 5. The van der Waals surface area contributed by atoms with Crippen LogP contribution in [0.3, 0.4) is 0 Å².